The summed E-state index contributed by atoms with van der Waals surface area (Å²) in [4.78, 5) is 19.1. The highest BCUT2D eigenvalue weighted by atomic mass is 19.1. The van der Waals surface area contributed by atoms with Gasteiger partial charge in [0.25, 0.3) is 0 Å². The number of benzene rings is 1. The van der Waals surface area contributed by atoms with Crippen molar-refractivity contribution >= 4 is 11.8 Å². The SMILES string of the molecule is CC(=O)ON=C(N)C(C)C(O)(Cn1cncn1)c1ccc(F)cc1F. The van der Waals surface area contributed by atoms with Crippen molar-refractivity contribution in [2.75, 3.05) is 0 Å². The number of carbonyl (C=O) groups is 1. The summed E-state index contributed by atoms with van der Waals surface area (Å²) >= 11 is 0. The molecule has 0 fully saturated rings. The first-order valence-electron chi connectivity index (χ1n) is 7.25. The monoisotopic (exact) mass is 353 g/mol. The van der Waals surface area contributed by atoms with Crippen molar-refractivity contribution < 1.29 is 23.5 Å². The van der Waals surface area contributed by atoms with Gasteiger partial charge in [-0.15, -0.1) is 0 Å². The number of nitrogens with two attached hydrogens (primary N) is 1. The van der Waals surface area contributed by atoms with Gasteiger partial charge in [0.15, 0.2) is 0 Å². The minimum atomic E-state index is -1.96. The van der Waals surface area contributed by atoms with E-state index in [0.29, 0.717) is 6.07 Å². The van der Waals surface area contributed by atoms with E-state index >= 15 is 0 Å². The molecule has 2 atom stereocenters. The molecule has 1 aromatic heterocycles. The molecule has 134 valence electrons. The Morgan fingerprint density at radius 1 is 1.52 bits per heavy atom. The number of carbonyl (C=O) groups excluding carboxylic acids is 1. The van der Waals surface area contributed by atoms with Gasteiger partial charge in [0.2, 0.25) is 0 Å². The molecule has 8 nitrogen and oxygen atoms in total. The largest absolute Gasteiger partial charge is 0.384 e. The second kappa shape index (κ2) is 7.34. The number of halogens is 2. The molecule has 0 saturated heterocycles. The quantitative estimate of drug-likeness (QED) is 0.345. The highest BCUT2D eigenvalue weighted by molar-refractivity contribution is 5.84. The van der Waals surface area contributed by atoms with Crippen LogP contribution in [0.5, 0.6) is 0 Å². The maximum absolute atomic E-state index is 14.3. The summed E-state index contributed by atoms with van der Waals surface area (Å²) < 4.78 is 28.8. The zero-order valence-electron chi connectivity index (χ0n) is 13.6. The molecule has 25 heavy (non-hydrogen) atoms. The molecule has 0 spiro atoms. The summed E-state index contributed by atoms with van der Waals surface area (Å²) in [5, 5.41) is 18.5. The van der Waals surface area contributed by atoms with Crippen molar-refractivity contribution in [3.63, 3.8) is 0 Å². The van der Waals surface area contributed by atoms with E-state index in [1.807, 2.05) is 0 Å². The van der Waals surface area contributed by atoms with Crippen LogP contribution in [-0.4, -0.2) is 31.7 Å². The predicted molar refractivity (Wildman–Crippen MR) is 82.8 cm³/mol. The molecule has 0 aliphatic rings. The van der Waals surface area contributed by atoms with E-state index in [4.69, 9.17) is 5.73 Å². The first-order valence-corrected chi connectivity index (χ1v) is 7.25. The van der Waals surface area contributed by atoms with Crippen molar-refractivity contribution in [3.8, 4) is 0 Å². The van der Waals surface area contributed by atoms with E-state index in [0.717, 1.165) is 19.1 Å². The van der Waals surface area contributed by atoms with Crippen LogP contribution in [0.2, 0.25) is 0 Å². The summed E-state index contributed by atoms with van der Waals surface area (Å²) in [5.41, 5.74) is 3.60. The third-order valence-corrected chi connectivity index (χ3v) is 3.71. The minimum absolute atomic E-state index is 0.210. The lowest BCUT2D eigenvalue weighted by Crippen LogP contribution is -2.45. The van der Waals surface area contributed by atoms with E-state index in [9.17, 15) is 18.7 Å². The number of oxime groups is 1. The molecule has 1 heterocycles. The van der Waals surface area contributed by atoms with Gasteiger partial charge in [-0.3, -0.25) is 0 Å². The Kier molecular flexibility index (Phi) is 5.42. The van der Waals surface area contributed by atoms with Crippen molar-refractivity contribution in [3.05, 3.63) is 48.1 Å². The molecule has 0 aliphatic carbocycles. The molecule has 2 unspecified atom stereocenters. The maximum Gasteiger partial charge on any atom is 0.332 e. The molecular weight excluding hydrogens is 336 g/mol. The number of hydrogen-bond acceptors (Lipinski definition) is 6. The summed E-state index contributed by atoms with van der Waals surface area (Å²) in [6, 6.07) is 2.77. The second-order valence-electron chi connectivity index (χ2n) is 5.46. The van der Waals surface area contributed by atoms with Crippen LogP contribution in [0.4, 0.5) is 8.78 Å². The molecule has 10 heteroatoms. The van der Waals surface area contributed by atoms with Gasteiger partial charge >= 0.3 is 5.97 Å². The second-order valence-corrected chi connectivity index (χ2v) is 5.46. The summed E-state index contributed by atoms with van der Waals surface area (Å²) in [7, 11) is 0. The summed E-state index contributed by atoms with van der Waals surface area (Å²) in [5.74, 6) is -3.71. The Hall–Kier alpha value is -2.88. The Morgan fingerprint density at radius 2 is 2.24 bits per heavy atom. The summed E-state index contributed by atoms with van der Waals surface area (Å²) in [6.07, 6.45) is 2.56. The molecule has 3 N–H and O–H groups in total. The fraction of sp³-hybridized carbons (Fsp3) is 0.333. The molecule has 1 aromatic carbocycles. The number of hydrogen-bond donors (Lipinski definition) is 2. The lowest BCUT2D eigenvalue weighted by Gasteiger charge is -2.34. The molecular formula is C15H17F2N5O3. The fourth-order valence-electron chi connectivity index (χ4n) is 2.30. The lowest BCUT2D eigenvalue weighted by molar-refractivity contribution is -0.141. The van der Waals surface area contributed by atoms with Gasteiger partial charge in [-0.25, -0.2) is 23.2 Å². The number of aliphatic hydroxyl groups is 1. The highest BCUT2D eigenvalue weighted by Crippen LogP contribution is 2.34. The number of nitrogens with zero attached hydrogens (tertiary/aromatic N) is 4. The normalized spacial score (nSPS) is 15.5. The first-order chi connectivity index (χ1) is 11.7. The fourth-order valence-corrected chi connectivity index (χ4v) is 2.30. The summed E-state index contributed by atoms with van der Waals surface area (Å²) in [6.45, 7) is 2.35. The third kappa shape index (κ3) is 4.15. The van der Waals surface area contributed by atoms with Crippen molar-refractivity contribution in [1.29, 1.82) is 0 Å². The van der Waals surface area contributed by atoms with E-state index in [1.165, 1.54) is 24.3 Å². The van der Waals surface area contributed by atoms with Crippen molar-refractivity contribution in [2.45, 2.75) is 26.0 Å². The van der Waals surface area contributed by atoms with Crippen LogP contribution in [-0.2, 0) is 21.8 Å². The zero-order valence-corrected chi connectivity index (χ0v) is 13.6. The van der Waals surface area contributed by atoms with E-state index in [1.54, 1.807) is 0 Å². The van der Waals surface area contributed by atoms with Gasteiger partial charge in [-0.1, -0.05) is 18.1 Å². The number of amidine groups is 1. The topological polar surface area (TPSA) is 116 Å². The molecule has 0 bridgehead atoms. The van der Waals surface area contributed by atoms with Gasteiger partial charge < -0.3 is 15.7 Å². The standard InChI is InChI=1S/C15H17F2N5O3/c1-9(14(18)21-25-10(2)23)15(24,6-22-8-19-7-20-22)12-4-3-11(16)5-13(12)17/h3-5,7-9,24H,6H2,1-2H3,(H2,18,21). The molecule has 2 aromatic rings. The van der Waals surface area contributed by atoms with Gasteiger partial charge in [0.05, 0.1) is 12.5 Å². The van der Waals surface area contributed by atoms with Crippen LogP contribution in [0.1, 0.15) is 19.4 Å². The van der Waals surface area contributed by atoms with Crippen LogP contribution >= 0.6 is 0 Å². The van der Waals surface area contributed by atoms with Crippen LogP contribution in [0.3, 0.4) is 0 Å². The average Bonchev–Trinajstić information content (AvgIpc) is 3.04. The Balaban J connectivity index is 2.47. The Bertz CT molecular complexity index is 781. The van der Waals surface area contributed by atoms with Gasteiger partial charge in [0.1, 0.15) is 35.7 Å². The zero-order chi connectivity index (χ0) is 18.6. The van der Waals surface area contributed by atoms with Gasteiger partial charge in [0, 0.05) is 18.6 Å². The lowest BCUT2D eigenvalue weighted by atomic mass is 9.81. The van der Waals surface area contributed by atoms with Crippen LogP contribution in [0, 0.1) is 17.6 Å². The van der Waals surface area contributed by atoms with E-state index < -0.39 is 29.1 Å². The van der Waals surface area contributed by atoms with Gasteiger partial charge in [-0.2, -0.15) is 5.10 Å². The molecule has 2 rings (SSSR count). The minimum Gasteiger partial charge on any atom is -0.384 e. The number of aromatic nitrogens is 3. The van der Waals surface area contributed by atoms with Crippen LogP contribution in [0.25, 0.3) is 0 Å². The van der Waals surface area contributed by atoms with Crippen LogP contribution < -0.4 is 5.73 Å². The Morgan fingerprint density at radius 3 is 2.80 bits per heavy atom. The van der Waals surface area contributed by atoms with E-state index in [2.05, 4.69) is 20.1 Å². The average molecular weight is 353 g/mol. The molecule has 0 amide bonds. The van der Waals surface area contributed by atoms with E-state index in [-0.39, 0.29) is 17.9 Å². The molecule has 0 saturated carbocycles. The molecule has 0 radical (unpaired) electrons. The smallest absolute Gasteiger partial charge is 0.332 e. The number of rotatable bonds is 6. The van der Waals surface area contributed by atoms with Gasteiger partial charge in [-0.05, 0) is 6.07 Å². The molecule has 0 aliphatic heterocycles. The van der Waals surface area contributed by atoms with Crippen molar-refractivity contribution in [1.82, 2.24) is 14.8 Å². The van der Waals surface area contributed by atoms with Crippen LogP contribution in [0.15, 0.2) is 36.0 Å². The highest BCUT2D eigenvalue weighted by Gasteiger charge is 2.41. The predicted octanol–water partition coefficient (Wildman–Crippen LogP) is 0.916. The van der Waals surface area contributed by atoms with Crippen molar-refractivity contribution in [2.24, 2.45) is 16.8 Å². The third-order valence-electron chi connectivity index (χ3n) is 3.71. The Labute approximate surface area is 141 Å². The maximum atomic E-state index is 14.3. The first kappa shape index (κ1) is 18.5.